The number of fused-ring (bicyclic) bond motifs is 1. The lowest BCUT2D eigenvalue weighted by Gasteiger charge is -2.26. The normalized spacial score (nSPS) is 17.3. The Morgan fingerprint density at radius 1 is 1.42 bits per heavy atom. The minimum absolute atomic E-state index is 0.0316. The molecule has 0 radical (unpaired) electrons. The third-order valence-electron chi connectivity index (χ3n) is 3.39. The molecule has 0 aliphatic carbocycles. The fourth-order valence-electron chi connectivity index (χ4n) is 2.38. The van der Waals surface area contributed by atoms with Crippen LogP contribution in [0.4, 0.5) is 0 Å². The van der Waals surface area contributed by atoms with Crippen molar-refractivity contribution in [3.8, 4) is 6.07 Å². The molecule has 2 N–H and O–H groups in total. The number of unbranched alkanes of at least 4 members (excludes halogenated alkanes) is 2. The van der Waals surface area contributed by atoms with Crippen LogP contribution in [0.2, 0.25) is 0 Å². The molecule has 1 atom stereocenters. The number of nitrogens with zero attached hydrogens (tertiary/aromatic N) is 1. The fourth-order valence-corrected chi connectivity index (χ4v) is 2.38. The summed E-state index contributed by atoms with van der Waals surface area (Å²) < 4.78 is 0. The monoisotopic (exact) mass is 257 g/mol. The summed E-state index contributed by atoms with van der Waals surface area (Å²) in [5.74, 6) is 0.0316. The first-order valence-corrected chi connectivity index (χ1v) is 6.79. The highest BCUT2D eigenvalue weighted by atomic mass is 16.2. The van der Waals surface area contributed by atoms with E-state index in [1.54, 1.807) is 0 Å². The minimum Gasteiger partial charge on any atom is -0.354 e. The highest BCUT2D eigenvalue weighted by Gasteiger charge is 2.25. The molecule has 1 aromatic carbocycles. The quantitative estimate of drug-likeness (QED) is 0.789. The first-order valence-electron chi connectivity index (χ1n) is 6.79. The van der Waals surface area contributed by atoms with Crippen molar-refractivity contribution in [1.29, 1.82) is 5.26 Å². The Bertz CT molecular complexity index is 479. The van der Waals surface area contributed by atoms with Crippen molar-refractivity contribution in [3.05, 3.63) is 35.4 Å². The molecule has 0 aromatic heterocycles. The predicted molar refractivity (Wildman–Crippen MR) is 73.4 cm³/mol. The number of nitriles is 1. The molecule has 0 spiro atoms. The van der Waals surface area contributed by atoms with Gasteiger partial charge in [0.25, 0.3) is 0 Å². The summed E-state index contributed by atoms with van der Waals surface area (Å²) in [6.07, 6.45) is 3.22. The Kier molecular flexibility index (Phi) is 4.93. The Balaban J connectivity index is 1.89. The summed E-state index contributed by atoms with van der Waals surface area (Å²) in [4.78, 5) is 12.2. The van der Waals surface area contributed by atoms with E-state index in [1.165, 1.54) is 5.56 Å². The number of carbonyl (C=O) groups excluding carboxylic acids is 1. The summed E-state index contributed by atoms with van der Waals surface area (Å²) in [7, 11) is 0. The van der Waals surface area contributed by atoms with Crippen molar-refractivity contribution in [2.45, 2.75) is 31.7 Å². The van der Waals surface area contributed by atoms with Gasteiger partial charge in [0.05, 0.1) is 6.07 Å². The van der Waals surface area contributed by atoms with Crippen molar-refractivity contribution in [3.63, 3.8) is 0 Å². The summed E-state index contributed by atoms with van der Waals surface area (Å²) >= 11 is 0. The minimum atomic E-state index is -0.235. The average molecular weight is 257 g/mol. The molecule has 2 rings (SSSR count). The molecule has 1 amide bonds. The van der Waals surface area contributed by atoms with E-state index >= 15 is 0 Å². The zero-order chi connectivity index (χ0) is 13.5. The molecular formula is C15H19N3O. The van der Waals surface area contributed by atoms with Crippen LogP contribution in [0, 0.1) is 11.3 Å². The number of rotatable bonds is 5. The smallest absolute Gasteiger partial charge is 0.241 e. The molecule has 1 heterocycles. The molecule has 0 saturated carbocycles. The van der Waals surface area contributed by atoms with E-state index < -0.39 is 0 Å². The van der Waals surface area contributed by atoms with E-state index in [4.69, 9.17) is 5.26 Å². The molecule has 0 bridgehead atoms. The van der Waals surface area contributed by atoms with Crippen molar-refractivity contribution in [2.75, 3.05) is 13.1 Å². The second kappa shape index (κ2) is 6.91. The van der Waals surface area contributed by atoms with Gasteiger partial charge >= 0.3 is 0 Å². The van der Waals surface area contributed by atoms with Crippen molar-refractivity contribution in [2.24, 2.45) is 0 Å². The standard InChI is InChI=1S/C15H19N3O/c16-9-4-1-5-10-18-15(19)14-13-7-3-2-6-12(13)8-11-17-14/h2-3,6-7,14,17H,1,4-5,8,10-11H2,(H,18,19). The van der Waals surface area contributed by atoms with Gasteiger partial charge in [0.1, 0.15) is 6.04 Å². The Morgan fingerprint density at radius 2 is 2.26 bits per heavy atom. The first kappa shape index (κ1) is 13.6. The van der Waals surface area contributed by atoms with Gasteiger partial charge < -0.3 is 10.6 Å². The van der Waals surface area contributed by atoms with Gasteiger partial charge in [-0.3, -0.25) is 4.79 Å². The average Bonchev–Trinajstić information content (AvgIpc) is 2.46. The maximum atomic E-state index is 12.2. The van der Waals surface area contributed by atoms with E-state index in [1.807, 2.05) is 18.2 Å². The molecule has 0 saturated heterocycles. The van der Waals surface area contributed by atoms with Crippen LogP contribution in [0.15, 0.2) is 24.3 Å². The van der Waals surface area contributed by atoms with E-state index in [0.717, 1.165) is 31.4 Å². The summed E-state index contributed by atoms with van der Waals surface area (Å²) in [6, 6.07) is 9.96. The molecule has 4 heteroatoms. The first-order chi connectivity index (χ1) is 9.33. The van der Waals surface area contributed by atoms with Crippen LogP contribution in [0.1, 0.15) is 36.4 Å². The summed E-state index contributed by atoms with van der Waals surface area (Å²) in [6.45, 7) is 1.48. The fraction of sp³-hybridized carbons (Fsp3) is 0.467. The van der Waals surface area contributed by atoms with E-state index in [2.05, 4.69) is 22.8 Å². The van der Waals surface area contributed by atoms with E-state index in [-0.39, 0.29) is 11.9 Å². The second-order valence-corrected chi connectivity index (χ2v) is 4.74. The molecule has 19 heavy (non-hydrogen) atoms. The molecule has 4 nitrogen and oxygen atoms in total. The molecule has 1 aromatic rings. The number of carbonyl (C=O) groups is 1. The van der Waals surface area contributed by atoms with Gasteiger partial charge in [0, 0.05) is 19.5 Å². The Labute approximate surface area is 113 Å². The Hall–Kier alpha value is -1.86. The largest absolute Gasteiger partial charge is 0.354 e. The van der Waals surface area contributed by atoms with Crippen LogP contribution >= 0.6 is 0 Å². The van der Waals surface area contributed by atoms with E-state index in [0.29, 0.717) is 13.0 Å². The van der Waals surface area contributed by atoms with E-state index in [9.17, 15) is 4.79 Å². The van der Waals surface area contributed by atoms with Gasteiger partial charge in [-0.15, -0.1) is 0 Å². The van der Waals surface area contributed by atoms with Gasteiger partial charge in [0.2, 0.25) is 5.91 Å². The molecular weight excluding hydrogens is 238 g/mol. The maximum Gasteiger partial charge on any atom is 0.241 e. The zero-order valence-corrected chi connectivity index (χ0v) is 11.0. The van der Waals surface area contributed by atoms with Gasteiger partial charge in [-0.1, -0.05) is 24.3 Å². The van der Waals surface area contributed by atoms with Crippen molar-refractivity contribution in [1.82, 2.24) is 10.6 Å². The number of nitrogens with one attached hydrogen (secondary N) is 2. The summed E-state index contributed by atoms with van der Waals surface area (Å²) in [5.41, 5.74) is 2.34. The third-order valence-corrected chi connectivity index (χ3v) is 3.39. The van der Waals surface area contributed by atoms with Gasteiger partial charge in [-0.05, 0) is 30.4 Å². The number of hydrogen-bond acceptors (Lipinski definition) is 3. The lowest BCUT2D eigenvalue weighted by molar-refractivity contribution is -0.123. The molecule has 1 aliphatic rings. The molecule has 1 aliphatic heterocycles. The number of benzene rings is 1. The van der Waals surface area contributed by atoms with Crippen LogP contribution in [0.25, 0.3) is 0 Å². The molecule has 0 fully saturated rings. The van der Waals surface area contributed by atoms with Gasteiger partial charge in [-0.2, -0.15) is 5.26 Å². The van der Waals surface area contributed by atoms with Gasteiger partial charge in [-0.25, -0.2) is 0 Å². The lowest BCUT2D eigenvalue weighted by Crippen LogP contribution is -2.41. The number of amides is 1. The zero-order valence-electron chi connectivity index (χ0n) is 11.0. The lowest BCUT2D eigenvalue weighted by atomic mass is 9.94. The van der Waals surface area contributed by atoms with Crippen LogP contribution in [-0.2, 0) is 11.2 Å². The summed E-state index contributed by atoms with van der Waals surface area (Å²) in [5, 5.41) is 14.6. The SMILES string of the molecule is N#CCCCCNC(=O)C1NCCc2ccccc21. The highest BCUT2D eigenvalue weighted by molar-refractivity contribution is 5.83. The predicted octanol–water partition coefficient (Wildman–Crippen LogP) is 1.68. The third kappa shape index (κ3) is 3.55. The van der Waals surface area contributed by atoms with Crippen LogP contribution < -0.4 is 10.6 Å². The highest BCUT2D eigenvalue weighted by Crippen LogP contribution is 2.22. The topological polar surface area (TPSA) is 64.9 Å². The second-order valence-electron chi connectivity index (χ2n) is 4.74. The van der Waals surface area contributed by atoms with Crippen LogP contribution in [0.5, 0.6) is 0 Å². The molecule has 100 valence electrons. The Morgan fingerprint density at radius 3 is 3.11 bits per heavy atom. The maximum absolute atomic E-state index is 12.2. The van der Waals surface area contributed by atoms with Crippen molar-refractivity contribution >= 4 is 5.91 Å². The van der Waals surface area contributed by atoms with Crippen LogP contribution in [-0.4, -0.2) is 19.0 Å². The number of hydrogen-bond donors (Lipinski definition) is 2. The van der Waals surface area contributed by atoms with Crippen LogP contribution in [0.3, 0.4) is 0 Å². The molecule has 1 unspecified atom stereocenters. The van der Waals surface area contributed by atoms with Crippen molar-refractivity contribution < 1.29 is 4.79 Å². The van der Waals surface area contributed by atoms with Gasteiger partial charge in [0.15, 0.2) is 0 Å².